The SMILES string of the molecule is O=C(NC(=S)N1CCCCC1)c1ccc(Cl)cc1Cl. The molecule has 0 atom stereocenters. The standard InChI is InChI=1S/C13H14Cl2N2OS/c14-9-4-5-10(11(15)8-9)12(18)16-13(19)17-6-2-1-3-7-17/h4-5,8H,1-3,6-7H2,(H,16,18,19). The van der Waals surface area contributed by atoms with Crippen LogP contribution in [0.15, 0.2) is 18.2 Å². The van der Waals surface area contributed by atoms with Gasteiger partial charge in [-0.2, -0.15) is 0 Å². The fraction of sp³-hybridized carbons (Fsp3) is 0.385. The molecule has 2 rings (SSSR count). The van der Waals surface area contributed by atoms with Crippen LogP contribution in [0.2, 0.25) is 10.0 Å². The molecule has 0 aromatic heterocycles. The largest absolute Gasteiger partial charge is 0.349 e. The van der Waals surface area contributed by atoms with Gasteiger partial charge >= 0.3 is 0 Å². The number of rotatable bonds is 1. The van der Waals surface area contributed by atoms with E-state index in [0.29, 0.717) is 20.7 Å². The Bertz CT molecular complexity index is 501. The lowest BCUT2D eigenvalue weighted by molar-refractivity contribution is 0.0972. The predicted octanol–water partition coefficient (Wildman–Crippen LogP) is 3.49. The number of piperidine rings is 1. The Morgan fingerprint density at radius 2 is 1.89 bits per heavy atom. The third kappa shape index (κ3) is 3.81. The molecule has 1 aliphatic rings. The first-order valence-electron chi connectivity index (χ1n) is 6.13. The molecule has 1 heterocycles. The summed E-state index contributed by atoms with van der Waals surface area (Å²) in [5, 5.41) is 4.01. The third-order valence-electron chi connectivity index (χ3n) is 3.04. The number of thiocarbonyl (C=S) groups is 1. The van der Waals surface area contributed by atoms with Crippen molar-refractivity contribution in [3.05, 3.63) is 33.8 Å². The number of nitrogens with one attached hydrogen (secondary N) is 1. The van der Waals surface area contributed by atoms with E-state index in [4.69, 9.17) is 35.4 Å². The first-order valence-corrected chi connectivity index (χ1v) is 7.29. The van der Waals surface area contributed by atoms with Gasteiger partial charge in [-0.3, -0.25) is 10.1 Å². The third-order valence-corrected chi connectivity index (χ3v) is 3.95. The highest BCUT2D eigenvalue weighted by Gasteiger charge is 2.17. The number of likely N-dealkylation sites (tertiary alicyclic amines) is 1. The van der Waals surface area contributed by atoms with E-state index in [1.54, 1.807) is 18.2 Å². The molecule has 19 heavy (non-hydrogen) atoms. The van der Waals surface area contributed by atoms with Crippen LogP contribution in [0.5, 0.6) is 0 Å². The summed E-state index contributed by atoms with van der Waals surface area (Å²) in [7, 11) is 0. The van der Waals surface area contributed by atoms with E-state index in [1.165, 1.54) is 6.42 Å². The molecule has 0 bridgehead atoms. The number of hydrogen-bond donors (Lipinski definition) is 1. The zero-order valence-corrected chi connectivity index (χ0v) is 12.6. The van der Waals surface area contributed by atoms with E-state index in [9.17, 15) is 4.79 Å². The topological polar surface area (TPSA) is 32.3 Å². The highest BCUT2D eigenvalue weighted by Crippen LogP contribution is 2.21. The molecule has 1 aromatic rings. The lowest BCUT2D eigenvalue weighted by Gasteiger charge is -2.28. The van der Waals surface area contributed by atoms with E-state index >= 15 is 0 Å². The number of amides is 1. The molecule has 1 aromatic carbocycles. The lowest BCUT2D eigenvalue weighted by atomic mass is 10.1. The maximum absolute atomic E-state index is 12.1. The molecule has 0 unspecified atom stereocenters. The van der Waals surface area contributed by atoms with Crippen LogP contribution in [0.1, 0.15) is 29.6 Å². The van der Waals surface area contributed by atoms with E-state index in [1.807, 2.05) is 4.90 Å². The van der Waals surface area contributed by atoms with Crippen LogP contribution in [-0.2, 0) is 0 Å². The first-order chi connectivity index (χ1) is 9.08. The molecular weight excluding hydrogens is 303 g/mol. The normalized spacial score (nSPS) is 15.2. The van der Waals surface area contributed by atoms with Gasteiger partial charge in [0, 0.05) is 18.1 Å². The summed E-state index contributed by atoms with van der Waals surface area (Å²) < 4.78 is 0. The van der Waals surface area contributed by atoms with Crippen LogP contribution < -0.4 is 5.32 Å². The quantitative estimate of drug-likeness (QED) is 0.805. The van der Waals surface area contributed by atoms with Crippen LogP contribution in [0.3, 0.4) is 0 Å². The molecule has 1 N–H and O–H groups in total. The Hall–Kier alpha value is -0.840. The number of hydrogen-bond acceptors (Lipinski definition) is 2. The number of nitrogens with zero attached hydrogens (tertiary/aromatic N) is 1. The lowest BCUT2D eigenvalue weighted by Crippen LogP contribution is -2.45. The number of benzene rings is 1. The molecule has 0 spiro atoms. The highest BCUT2D eigenvalue weighted by molar-refractivity contribution is 7.80. The summed E-state index contributed by atoms with van der Waals surface area (Å²) in [5.74, 6) is -0.294. The van der Waals surface area contributed by atoms with Gasteiger partial charge in [0.2, 0.25) is 0 Å². The zero-order valence-electron chi connectivity index (χ0n) is 10.3. The van der Waals surface area contributed by atoms with Crippen molar-refractivity contribution in [3.8, 4) is 0 Å². The Labute approximate surface area is 127 Å². The second-order valence-corrected chi connectivity index (χ2v) is 5.66. The van der Waals surface area contributed by atoms with Crippen LogP contribution in [0, 0.1) is 0 Å². The van der Waals surface area contributed by atoms with Crippen LogP contribution in [0.4, 0.5) is 0 Å². The maximum Gasteiger partial charge on any atom is 0.258 e. The molecule has 1 amide bonds. The van der Waals surface area contributed by atoms with Crippen molar-refractivity contribution in [2.45, 2.75) is 19.3 Å². The van der Waals surface area contributed by atoms with E-state index < -0.39 is 0 Å². The van der Waals surface area contributed by atoms with Gasteiger partial charge < -0.3 is 4.90 Å². The van der Waals surface area contributed by atoms with Gasteiger partial charge in [-0.05, 0) is 49.7 Å². The van der Waals surface area contributed by atoms with Gasteiger partial charge in [0.1, 0.15) is 0 Å². The smallest absolute Gasteiger partial charge is 0.258 e. The fourth-order valence-electron chi connectivity index (χ4n) is 2.01. The summed E-state index contributed by atoms with van der Waals surface area (Å²) in [6, 6.07) is 4.77. The monoisotopic (exact) mass is 316 g/mol. The molecule has 1 fully saturated rings. The molecule has 0 saturated carbocycles. The van der Waals surface area contributed by atoms with Crippen LogP contribution in [0.25, 0.3) is 0 Å². The van der Waals surface area contributed by atoms with Crippen molar-refractivity contribution in [2.24, 2.45) is 0 Å². The van der Waals surface area contributed by atoms with Crippen molar-refractivity contribution < 1.29 is 4.79 Å². The Balaban J connectivity index is 2.02. The van der Waals surface area contributed by atoms with E-state index in [2.05, 4.69) is 5.32 Å². The number of carbonyl (C=O) groups is 1. The molecule has 1 aliphatic heterocycles. The molecule has 0 aliphatic carbocycles. The molecule has 6 heteroatoms. The summed E-state index contributed by atoms with van der Waals surface area (Å²) in [6.45, 7) is 1.79. The van der Waals surface area contributed by atoms with Gasteiger partial charge in [-0.25, -0.2) is 0 Å². The minimum atomic E-state index is -0.294. The maximum atomic E-state index is 12.1. The predicted molar refractivity (Wildman–Crippen MR) is 82.0 cm³/mol. The average Bonchev–Trinajstić information content (AvgIpc) is 2.39. The van der Waals surface area contributed by atoms with Crippen molar-refractivity contribution in [3.63, 3.8) is 0 Å². The molecular formula is C13H14Cl2N2OS. The van der Waals surface area contributed by atoms with Gasteiger partial charge in [0.25, 0.3) is 5.91 Å². The Kier molecular flexibility index (Phi) is 5.02. The van der Waals surface area contributed by atoms with Crippen molar-refractivity contribution >= 4 is 46.4 Å². The first kappa shape index (κ1) is 14.6. The van der Waals surface area contributed by atoms with Crippen LogP contribution >= 0.6 is 35.4 Å². The summed E-state index contributed by atoms with van der Waals surface area (Å²) in [5.41, 5.74) is 0.380. The van der Waals surface area contributed by atoms with Crippen molar-refractivity contribution in [1.29, 1.82) is 0 Å². The van der Waals surface area contributed by atoms with Gasteiger partial charge in [-0.15, -0.1) is 0 Å². The second-order valence-electron chi connectivity index (χ2n) is 4.43. The zero-order chi connectivity index (χ0) is 13.8. The highest BCUT2D eigenvalue weighted by atomic mass is 35.5. The summed E-state index contributed by atoms with van der Waals surface area (Å²) in [4.78, 5) is 14.1. The van der Waals surface area contributed by atoms with Gasteiger partial charge in [0.15, 0.2) is 5.11 Å². The number of halogens is 2. The van der Waals surface area contributed by atoms with E-state index in [0.717, 1.165) is 25.9 Å². The minimum absolute atomic E-state index is 0.294. The Morgan fingerprint density at radius 3 is 2.53 bits per heavy atom. The molecule has 0 radical (unpaired) electrons. The molecule has 1 saturated heterocycles. The average molecular weight is 317 g/mol. The van der Waals surface area contributed by atoms with Crippen molar-refractivity contribution in [1.82, 2.24) is 10.2 Å². The van der Waals surface area contributed by atoms with Crippen LogP contribution in [-0.4, -0.2) is 29.0 Å². The van der Waals surface area contributed by atoms with Gasteiger partial charge in [-0.1, -0.05) is 23.2 Å². The summed E-state index contributed by atoms with van der Waals surface area (Å²) in [6.07, 6.45) is 3.44. The van der Waals surface area contributed by atoms with Crippen molar-refractivity contribution in [2.75, 3.05) is 13.1 Å². The summed E-state index contributed by atoms with van der Waals surface area (Å²) >= 11 is 17.0. The molecule has 102 valence electrons. The minimum Gasteiger partial charge on any atom is -0.349 e. The van der Waals surface area contributed by atoms with E-state index in [-0.39, 0.29) is 5.91 Å². The fourth-order valence-corrected chi connectivity index (χ4v) is 2.78. The Morgan fingerprint density at radius 1 is 1.21 bits per heavy atom. The van der Waals surface area contributed by atoms with Gasteiger partial charge in [0.05, 0.1) is 10.6 Å². The number of carbonyl (C=O) groups excluding carboxylic acids is 1. The molecule has 3 nitrogen and oxygen atoms in total. The second kappa shape index (κ2) is 6.55.